The maximum absolute atomic E-state index is 10.9. The number of nitrogen functional groups attached to an aromatic ring is 1. The molecule has 0 radical (unpaired) electrons. The van der Waals surface area contributed by atoms with Crippen molar-refractivity contribution in [3.8, 4) is 0 Å². The number of nitrogens with zero attached hydrogens (tertiary/aromatic N) is 2. The first-order valence-corrected chi connectivity index (χ1v) is 6.80. The number of hydrogen-bond donors (Lipinski definition) is 1. The molecular formula is C13H15N3O2S. The van der Waals surface area contributed by atoms with E-state index in [9.17, 15) is 10.1 Å². The molecule has 2 aromatic rings. The molecular weight excluding hydrogens is 262 g/mol. The van der Waals surface area contributed by atoms with E-state index in [4.69, 9.17) is 5.73 Å². The zero-order chi connectivity index (χ0) is 13.8. The molecule has 0 saturated carbocycles. The summed E-state index contributed by atoms with van der Waals surface area (Å²) in [5.74, 6) is 0. The summed E-state index contributed by atoms with van der Waals surface area (Å²) in [5.41, 5.74) is 6.95. The van der Waals surface area contributed by atoms with Gasteiger partial charge in [0, 0.05) is 34.9 Å². The quantitative estimate of drug-likeness (QED) is 0.517. The smallest absolute Gasteiger partial charge is 0.273 e. The van der Waals surface area contributed by atoms with Gasteiger partial charge in [-0.3, -0.25) is 10.1 Å². The summed E-state index contributed by atoms with van der Waals surface area (Å²) in [7, 11) is 0. The summed E-state index contributed by atoms with van der Waals surface area (Å²) in [6.07, 6.45) is 0. The van der Waals surface area contributed by atoms with Crippen molar-refractivity contribution in [2.24, 2.45) is 0 Å². The van der Waals surface area contributed by atoms with E-state index >= 15 is 0 Å². The molecule has 0 atom stereocenters. The van der Waals surface area contributed by atoms with Crippen LogP contribution in [0, 0.1) is 10.1 Å². The normalized spacial score (nSPS) is 10.4. The molecule has 2 N–H and O–H groups in total. The highest BCUT2D eigenvalue weighted by molar-refractivity contribution is 7.09. The lowest BCUT2D eigenvalue weighted by Crippen LogP contribution is -2.21. The third kappa shape index (κ3) is 3.23. The molecule has 0 aliphatic carbocycles. The zero-order valence-electron chi connectivity index (χ0n) is 10.6. The lowest BCUT2D eigenvalue weighted by atomic mass is 10.2. The molecule has 0 saturated heterocycles. The number of nitro groups is 1. The van der Waals surface area contributed by atoms with Crippen LogP contribution >= 0.6 is 11.3 Å². The van der Waals surface area contributed by atoms with Crippen molar-refractivity contribution in [3.05, 3.63) is 50.7 Å². The third-order valence-corrected chi connectivity index (χ3v) is 3.67. The van der Waals surface area contributed by atoms with Crippen LogP contribution in [0.1, 0.15) is 11.8 Å². The number of nitro benzene ring substituents is 1. The van der Waals surface area contributed by atoms with Crippen molar-refractivity contribution >= 4 is 28.4 Å². The van der Waals surface area contributed by atoms with Crippen molar-refractivity contribution < 1.29 is 4.92 Å². The highest BCUT2D eigenvalue weighted by atomic mass is 32.1. The predicted octanol–water partition coefficient (Wildman–Crippen LogP) is 3.27. The summed E-state index contributed by atoms with van der Waals surface area (Å²) in [6, 6.07) is 8.75. The van der Waals surface area contributed by atoms with Crippen LogP contribution < -0.4 is 10.6 Å². The Morgan fingerprint density at radius 3 is 2.79 bits per heavy atom. The second kappa shape index (κ2) is 5.71. The number of anilines is 2. The van der Waals surface area contributed by atoms with E-state index in [1.165, 1.54) is 10.9 Å². The minimum absolute atomic E-state index is 0.0274. The molecule has 1 aromatic carbocycles. The maximum atomic E-state index is 10.9. The van der Waals surface area contributed by atoms with Crippen molar-refractivity contribution in [3.63, 3.8) is 0 Å². The summed E-state index contributed by atoms with van der Waals surface area (Å²) < 4.78 is 0. The standard InChI is InChI=1S/C13H15N3O2S/c1-2-15(9-13-4-3-5-19-13)11-6-10(14)7-12(8-11)16(17)18/h3-8H,2,9,14H2,1H3. The number of rotatable bonds is 5. The number of non-ortho nitro benzene ring substituents is 1. The summed E-state index contributed by atoms with van der Waals surface area (Å²) in [4.78, 5) is 13.7. The van der Waals surface area contributed by atoms with E-state index in [1.54, 1.807) is 23.5 Å². The van der Waals surface area contributed by atoms with Gasteiger partial charge < -0.3 is 10.6 Å². The number of benzene rings is 1. The Bertz CT molecular complexity index is 569. The topological polar surface area (TPSA) is 72.4 Å². The average molecular weight is 277 g/mol. The number of hydrogen-bond acceptors (Lipinski definition) is 5. The van der Waals surface area contributed by atoms with Crippen LogP contribution in [0.4, 0.5) is 17.1 Å². The van der Waals surface area contributed by atoms with Crippen molar-refractivity contribution in [1.82, 2.24) is 0 Å². The van der Waals surface area contributed by atoms with Crippen LogP contribution in [-0.2, 0) is 6.54 Å². The molecule has 0 bridgehead atoms. The predicted molar refractivity (Wildman–Crippen MR) is 78.6 cm³/mol. The average Bonchev–Trinajstić information content (AvgIpc) is 2.88. The fourth-order valence-electron chi connectivity index (χ4n) is 1.88. The van der Waals surface area contributed by atoms with Gasteiger partial charge >= 0.3 is 0 Å². The van der Waals surface area contributed by atoms with Gasteiger partial charge in [0.2, 0.25) is 0 Å². The Morgan fingerprint density at radius 1 is 1.42 bits per heavy atom. The molecule has 0 spiro atoms. The Hall–Kier alpha value is -2.08. The van der Waals surface area contributed by atoms with E-state index < -0.39 is 4.92 Å². The fourth-order valence-corrected chi connectivity index (χ4v) is 2.60. The van der Waals surface area contributed by atoms with E-state index in [1.807, 2.05) is 24.4 Å². The largest absolute Gasteiger partial charge is 0.398 e. The molecule has 19 heavy (non-hydrogen) atoms. The first-order valence-electron chi connectivity index (χ1n) is 5.92. The molecule has 2 rings (SSSR count). The SMILES string of the molecule is CCN(Cc1cccs1)c1cc(N)cc([N+](=O)[O-])c1. The lowest BCUT2D eigenvalue weighted by Gasteiger charge is -2.22. The van der Waals surface area contributed by atoms with Crippen LogP contribution in [0.2, 0.25) is 0 Å². The van der Waals surface area contributed by atoms with E-state index in [0.29, 0.717) is 5.69 Å². The molecule has 0 aliphatic heterocycles. The van der Waals surface area contributed by atoms with Gasteiger partial charge in [-0.1, -0.05) is 6.07 Å². The lowest BCUT2D eigenvalue weighted by molar-refractivity contribution is -0.384. The van der Waals surface area contributed by atoms with Crippen LogP contribution in [0.25, 0.3) is 0 Å². The van der Waals surface area contributed by atoms with E-state index in [2.05, 4.69) is 4.90 Å². The highest BCUT2D eigenvalue weighted by Gasteiger charge is 2.13. The van der Waals surface area contributed by atoms with Gasteiger partial charge in [0.15, 0.2) is 0 Å². The van der Waals surface area contributed by atoms with Crippen LogP contribution in [0.5, 0.6) is 0 Å². The zero-order valence-corrected chi connectivity index (χ0v) is 11.4. The van der Waals surface area contributed by atoms with Crippen molar-refractivity contribution in [1.29, 1.82) is 0 Å². The second-order valence-electron chi connectivity index (χ2n) is 4.13. The highest BCUT2D eigenvalue weighted by Crippen LogP contribution is 2.27. The van der Waals surface area contributed by atoms with Gasteiger partial charge in [0.05, 0.1) is 11.5 Å². The van der Waals surface area contributed by atoms with Crippen molar-refractivity contribution in [2.45, 2.75) is 13.5 Å². The monoisotopic (exact) mass is 277 g/mol. The van der Waals surface area contributed by atoms with Crippen LogP contribution in [0.3, 0.4) is 0 Å². The molecule has 1 heterocycles. The van der Waals surface area contributed by atoms with Crippen LogP contribution in [-0.4, -0.2) is 11.5 Å². The maximum Gasteiger partial charge on any atom is 0.273 e. The van der Waals surface area contributed by atoms with Crippen molar-refractivity contribution in [2.75, 3.05) is 17.2 Å². The molecule has 5 nitrogen and oxygen atoms in total. The Labute approximate surface area is 115 Å². The molecule has 0 fully saturated rings. The molecule has 6 heteroatoms. The van der Waals surface area contributed by atoms with E-state index in [-0.39, 0.29) is 5.69 Å². The summed E-state index contributed by atoms with van der Waals surface area (Å²) in [5, 5.41) is 12.9. The Kier molecular flexibility index (Phi) is 4.01. The number of thiophene rings is 1. The molecule has 0 amide bonds. The Balaban J connectivity index is 2.29. The first-order chi connectivity index (χ1) is 9.10. The van der Waals surface area contributed by atoms with Crippen LogP contribution in [0.15, 0.2) is 35.7 Å². The summed E-state index contributed by atoms with van der Waals surface area (Å²) >= 11 is 1.67. The van der Waals surface area contributed by atoms with Gasteiger partial charge in [0.25, 0.3) is 5.69 Å². The van der Waals surface area contributed by atoms with Gasteiger partial charge in [0.1, 0.15) is 0 Å². The van der Waals surface area contributed by atoms with Gasteiger partial charge in [-0.2, -0.15) is 0 Å². The minimum atomic E-state index is -0.418. The van der Waals surface area contributed by atoms with Gasteiger partial charge in [-0.25, -0.2) is 0 Å². The molecule has 1 aromatic heterocycles. The first kappa shape index (κ1) is 13.4. The van der Waals surface area contributed by atoms with Gasteiger partial charge in [-0.15, -0.1) is 11.3 Å². The van der Waals surface area contributed by atoms with Gasteiger partial charge in [-0.05, 0) is 24.4 Å². The third-order valence-electron chi connectivity index (χ3n) is 2.81. The van der Waals surface area contributed by atoms with E-state index in [0.717, 1.165) is 18.8 Å². The molecule has 0 unspecified atom stereocenters. The second-order valence-corrected chi connectivity index (χ2v) is 5.17. The molecule has 0 aliphatic rings. The fraction of sp³-hybridized carbons (Fsp3) is 0.231. The summed E-state index contributed by atoms with van der Waals surface area (Å²) in [6.45, 7) is 3.51. The minimum Gasteiger partial charge on any atom is -0.398 e. The Morgan fingerprint density at radius 2 is 2.21 bits per heavy atom. The number of nitrogens with two attached hydrogens (primary N) is 1. The molecule has 100 valence electrons.